The predicted molar refractivity (Wildman–Crippen MR) is 193 cm³/mol. The molecule has 0 aliphatic carbocycles. The van der Waals surface area contributed by atoms with Gasteiger partial charge < -0.3 is 72.6 Å². The lowest BCUT2D eigenvalue weighted by Gasteiger charge is -2.16. The van der Waals surface area contributed by atoms with Crippen LogP contribution in [0.15, 0.2) is 25.3 Å². The Hall–Kier alpha value is -3.98. The third-order valence-electron chi connectivity index (χ3n) is 9.05. The van der Waals surface area contributed by atoms with Gasteiger partial charge in [-0.1, -0.05) is 0 Å². The van der Waals surface area contributed by atoms with Gasteiger partial charge in [-0.2, -0.15) is 0 Å². The van der Waals surface area contributed by atoms with Gasteiger partial charge in [0.25, 0.3) is 0 Å². The fourth-order valence-corrected chi connectivity index (χ4v) is 9.24. The first-order valence-corrected chi connectivity index (χ1v) is 20.5. The number of carboxylic acid groups (broad SMARTS) is 2. The molecule has 0 radical (unpaired) electrons. The highest BCUT2D eigenvalue weighted by Crippen LogP contribution is 2.34. The number of carbonyl (C=O) groups excluding carboxylic acids is 2. The van der Waals surface area contributed by atoms with Gasteiger partial charge >= 0.3 is 0 Å². The summed E-state index contributed by atoms with van der Waals surface area (Å²) in [6.45, 7) is 0. The minimum Gasteiger partial charge on any atom is -0.548 e. The highest BCUT2D eigenvalue weighted by Gasteiger charge is 2.48. The third-order valence-corrected chi connectivity index (χ3v) is 12.7. The van der Waals surface area contributed by atoms with Crippen LogP contribution in [0.4, 0.5) is 11.6 Å². The summed E-state index contributed by atoms with van der Waals surface area (Å²) in [5.41, 5.74) is 24.0. The lowest BCUT2D eigenvalue weighted by atomic mass is 10.1. The van der Waals surface area contributed by atoms with E-state index >= 15 is 0 Å². The summed E-state index contributed by atoms with van der Waals surface area (Å²) in [5.74, 6) is -0.122. The lowest BCUT2D eigenvalue weighted by Crippen LogP contribution is -2.43. The van der Waals surface area contributed by atoms with Crippen molar-refractivity contribution in [1.82, 2.24) is 39.0 Å². The number of carboxylic acids is 2. The number of aliphatic hydroxyl groups is 4. The van der Waals surface area contributed by atoms with Crippen LogP contribution in [-0.2, 0) is 40.9 Å². The van der Waals surface area contributed by atoms with Gasteiger partial charge in [-0.25, -0.2) is 29.9 Å². The fraction of sp³-hybridized carbons (Fsp3) is 0.600. The standard InChI is InChI=1S/2C15H22N6O5S/c2*1-27(3-2-7(16)15(24)25)4-8-10(22)11(23)14(26-8)21-6-20-9-12(17)18-5-19-13(9)21/h2*5-8,10-11,14,22-23H,2-4,16H2,1H3,(H2-,17,18,19,24,25)/t2*7-,8+,10-,11?,14+,27?/m00/s1. The molecule has 6 rings (SSSR count). The molecule has 4 aromatic rings. The van der Waals surface area contributed by atoms with Gasteiger partial charge in [0.05, 0.1) is 37.1 Å². The van der Waals surface area contributed by atoms with E-state index in [9.17, 15) is 40.2 Å². The Morgan fingerprint density at radius 1 is 0.704 bits per heavy atom. The molecule has 12 atom stereocenters. The van der Waals surface area contributed by atoms with Gasteiger partial charge in [-0.3, -0.25) is 9.13 Å². The van der Waals surface area contributed by atoms with Crippen LogP contribution in [0, 0.1) is 0 Å². The number of ether oxygens (including phenoxy) is 2. The third kappa shape index (κ3) is 9.10. The average Bonchev–Trinajstić information content (AvgIpc) is 3.89. The molecule has 2 fully saturated rings. The normalized spacial score (nSPS) is 27.7. The van der Waals surface area contributed by atoms with Crippen molar-refractivity contribution in [2.24, 2.45) is 11.5 Å². The zero-order valence-electron chi connectivity index (χ0n) is 29.3. The monoisotopic (exact) mass is 796 g/mol. The summed E-state index contributed by atoms with van der Waals surface area (Å²) >= 11 is 0. The molecule has 0 aromatic carbocycles. The van der Waals surface area contributed by atoms with Crippen molar-refractivity contribution in [2.45, 2.75) is 74.0 Å². The number of nitrogens with zero attached hydrogens (tertiary/aromatic N) is 8. The Balaban J connectivity index is 0.000000208. The second-order valence-corrected chi connectivity index (χ2v) is 17.6. The number of nitrogens with two attached hydrogens (primary N) is 4. The van der Waals surface area contributed by atoms with Crippen molar-refractivity contribution in [3.8, 4) is 0 Å². The number of imidazole rings is 2. The smallest absolute Gasteiger partial charge is 0.167 e. The summed E-state index contributed by atoms with van der Waals surface area (Å²) in [4.78, 5) is 45.6. The lowest BCUT2D eigenvalue weighted by molar-refractivity contribution is -0.308. The van der Waals surface area contributed by atoms with Crippen LogP contribution >= 0.6 is 0 Å². The van der Waals surface area contributed by atoms with Gasteiger partial charge in [0.2, 0.25) is 0 Å². The zero-order chi connectivity index (χ0) is 39.4. The Kier molecular flexibility index (Phi) is 13.5. The fourth-order valence-electron chi connectivity index (χ4n) is 5.93. The van der Waals surface area contributed by atoms with E-state index in [0.29, 0.717) is 45.3 Å². The first-order valence-electron chi connectivity index (χ1n) is 16.6. The quantitative estimate of drug-likeness (QED) is 0.0550. The Morgan fingerprint density at radius 2 is 1.07 bits per heavy atom. The molecule has 0 bridgehead atoms. The molecule has 24 heteroatoms. The maximum atomic E-state index is 10.7. The van der Waals surface area contributed by atoms with Crippen LogP contribution in [0.3, 0.4) is 0 Å². The number of hydrogen-bond acceptors (Lipinski definition) is 20. The van der Waals surface area contributed by atoms with E-state index in [2.05, 4.69) is 29.9 Å². The second kappa shape index (κ2) is 17.7. The van der Waals surface area contributed by atoms with Crippen LogP contribution < -0.4 is 33.1 Å². The van der Waals surface area contributed by atoms with E-state index in [1.807, 2.05) is 12.5 Å². The molecule has 296 valence electrons. The van der Waals surface area contributed by atoms with E-state index in [4.69, 9.17) is 32.4 Å². The van der Waals surface area contributed by atoms with Crippen molar-refractivity contribution in [3.63, 3.8) is 0 Å². The number of fused-ring (bicyclic) bond motifs is 2. The van der Waals surface area contributed by atoms with Crippen LogP contribution in [0.5, 0.6) is 0 Å². The van der Waals surface area contributed by atoms with E-state index in [0.717, 1.165) is 0 Å². The van der Waals surface area contributed by atoms with Crippen molar-refractivity contribution >= 4 is 67.7 Å². The van der Waals surface area contributed by atoms with Crippen molar-refractivity contribution in [3.05, 3.63) is 25.3 Å². The Morgan fingerprint density at radius 3 is 1.43 bits per heavy atom. The summed E-state index contributed by atoms with van der Waals surface area (Å²) in [5, 5.41) is 63.0. The molecule has 2 aliphatic heterocycles. The number of anilines is 2. The number of nitrogen functional groups attached to an aromatic ring is 2. The molecule has 0 amide bonds. The van der Waals surface area contributed by atoms with Crippen LogP contribution in [0.25, 0.3) is 22.3 Å². The number of carbonyl (C=O) groups is 2. The topological polar surface area (TPSA) is 371 Å². The largest absolute Gasteiger partial charge is 0.548 e. The van der Waals surface area contributed by atoms with E-state index in [1.54, 1.807) is 0 Å². The second-order valence-electron chi connectivity index (χ2n) is 13.0. The summed E-state index contributed by atoms with van der Waals surface area (Å²) < 4.78 is 14.8. The van der Waals surface area contributed by atoms with Gasteiger partial charge in [0.1, 0.15) is 83.3 Å². The SMILES string of the molecule is C[S+](CC[C@H](N)C(=O)[O-])C[C@H]1O[C@@H](n2cnc3c(N)ncnc32)C(O)[C@H]1O.C[S+](CC[C@H](N)C(=O)[O-])C[C@H]1O[C@@H](n2cnc3c(N)ncnc32)C(O)[C@H]1O. The zero-order valence-corrected chi connectivity index (χ0v) is 30.9. The molecular weight excluding hydrogens is 753 g/mol. The molecule has 22 nitrogen and oxygen atoms in total. The summed E-state index contributed by atoms with van der Waals surface area (Å²) in [6.07, 6.45) is 2.33. The number of rotatable bonds is 14. The molecule has 54 heavy (non-hydrogen) atoms. The molecule has 4 unspecified atom stereocenters. The Bertz CT molecular complexity index is 1770. The van der Waals surface area contributed by atoms with E-state index in [1.165, 1.54) is 34.4 Å². The highest BCUT2D eigenvalue weighted by molar-refractivity contribution is 7.96. The molecule has 6 heterocycles. The van der Waals surface area contributed by atoms with Gasteiger partial charge in [-0.15, -0.1) is 0 Å². The molecule has 0 spiro atoms. The molecule has 2 saturated heterocycles. The van der Waals surface area contributed by atoms with Crippen LogP contribution in [0.2, 0.25) is 0 Å². The molecule has 12 N–H and O–H groups in total. The molecule has 2 aliphatic rings. The maximum Gasteiger partial charge on any atom is 0.167 e. The van der Waals surface area contributed by atoms with E-state index < -0.39 is 73.1 Å². The van der Waals surface area contributed by atoms with Gasteiger partial charge in [0, 0.05) is 24.9 Å². The molecule has 0 saturated carbocycles. The summed E-state index contributed by atoms with van der Waals surface area (Å²) in [7, 11) is -0.526. The minimum atomic E-state index is -1.28. The predicted octanol–water partition coefficient (Wildman–Crippen LogP) is -6.51. The number of aliphatic hydroxyl groups excluding tert-OH is 4. The first-order chi connectivity index (χ1) is 25.6. The number of aromatic nitrogens is 8. The van der Waals surface area contributed by atoms with Crippen LogP contribution in [0.1, 0.15) is 25.3 Å². The van der Waals surface area contributed by atoms with Crippen LogP contribution in [-0.4, -0.2) is 156 Å². The maximum absolute atomic E-state index is 10.7. The average molecular weight is 797 g/mol. The number of aliphatic carboxylic acids is 2. The first kappa shape index (κ1) is 41.2. The molecule has 4 aromatic heterocycles. The highest BCUT2D eigenvalue weighted by atomic mass is 32.2. The van der Waals surface area contributed by atoms with Crippen molar-refractivity contribution in [1.29, 1.82) is 0 Å². The minimum absolute atomic E-state index is 0.211. The van der Waals surface area contributed by atoms with Gasteiger partial charge in [-0.05, 0) is 21.8 Å². The van der Waals surface area contributed by atoms with E-state index in [-0.39, 0.29) is 46.3 Å². The number of hydrogen-bond donors (Lipinski definition) is 8. The summed E-state index contributed by atoms with van der Waals surface area (Å²) in [6, 6.07) is -2.04. The Labute approximate surface area is 313 Å². The van der Waals surface area contributed by atoms with Gasteiger partial charge in [0.15, 0.2) is 35.4 Å². The van der Waals surface area contributed by atoms with Crippen molar-refractivity contribution < 1.29 is 49.7 Å². The molecular formula is C30H44N12O10S2. The van der Waals surface area contributed by atoms with Crippen molar-refractivity contribution in [2.75, 3.05) is 47.0 Å².